The molecule has 0 spiro atoms. The van der Waals surface area contributed by atoms with Crippen LogP contribution in [0.15, 0.2) is 42.5 Å². The smallest absolute Gasteiger partial charge is 0.405 e. The van der Waals surface area contributed by atoms with Crippen molar-refractivity contribution in [1.29, 1.82) is 0 Å². The molecule has 0 aliphatic carbocycles. The van der Waals surface area contributed by atoms with Crippen LogP contribution in [0, 0.1) is 13.8 Å². The molecule has 0 amide bonds. The van der Waals surface area contributed by atoms with Gasteiger partial charge in [0.05, 0.1) is 0 Å². The second-order valence-electron chi connectivity index (χ2n) is 4.78. The number of halogens is 3. The Morgan fingerprint density at radius 2 is 1.57 bits per heavy atom. The normalized spacial score (nSPS) is 13.0. The molecule has 21 heavy (non-hydrogen) atoms. The number of aliphatic hydroxyl groups excluding tert-OH is 1. The van der Waals surface area contributed by atoms with Crippen LogP contribution in [0.25, 0.3) is 0 Å². The maximum absolute atomic E-state index is 12.4. The molecule has 0 radical (unpaired) electrons. The molecule has 5 heteroatoms. The van der Waals surface area contributed by atoms with Crippen molar-refractivity contribution in [3.8, 4) is 5.75 Å². The Morgan fingerprint density at radius 1 is 0.952 bits per heavy atom. The molecule has 1 unspecified atom stereocenters. The summed E-state index contributed by atoms with van der Waals surface area (Å²) in [4.78, 5) is 0. The fourth-order valence-corrected chi connectivity index (χ4v) is 2.16. The van der Waals surface area contributed by atoms with Gasteiger partial charge >= 0.3 is 6.36 Å². The summed E-state index contributed by atoms with van der Waals surface area (Å²) in [5, 5.41) is 10.4. The molecule has 0 aliphatic rings. The number of alkyl halides is 3. The van der Waals surface area contributed by atoms with E-state index >= 15 is 0 Å². The second kappa shape index (κ2) is 5.77. The lowest BCUT2D eigenvalue weighted by atomic mass is 9.94. The van der Waals surface area contributed by atoms with Crippen LogP contribution in [-0.2, 0) is 0 Å². The highest BCUT2D eigenvalue weighted by Crippen LogP contribution is 2.34. The van der Waals surface area contributed by atoms with Gasteiger partial charge in [-0.05, 0) is 36.6 Å². The molecule has 1 N–H and O–H groups in total. The molecule has 0 bridgehead atoms. The largest absolute Gasteiger partial charge is 0.573 e. The molecule has 0 fully saturated rings. The van der Waals surface area contributed by atoms with Crippen LogP contribution in [-0.4, -0.2) is 11.5 Å². The van der Waals surface area contributed by atoms with E-state index in [2.05, 4.69) is 4.74 Å². The van der Waals surface area contributed by atoms with Crippen LogP contribution in [0.5, 0.6) is 5.75 Å². The molecule has 0 saturated carbocycles. The lowest BCUT2D eigenvalue weighted by Crippen LogP contribution is -2.19. The van der Waals surface area contributed by atoms with Gasteiger partial charge in [-0.25, -0.2) is 0 Å². The highest BCUT2D eigenvalue weighted by atomic mass is 19.4. The summed E-state index contributed by atoms with van der Waals surface area (Å²) < 4.78 is 41.3. The van der Waals surface area contributed by atoms with Crippen molar-refractivity contribution in [3.63, 3.8) is 0 Å². The summed E-state index contributed by atoms with van der Waals surface area (Å²) in [6, 6.07) is 10.9. The topological polar surface area (TPSA) is 29.5 Å². The fraction of sp³-hybridized carbons (Fsp3) is 0.250. The van der Waals surface area contributed by atoms with Crippen LogP contribution in [0.2, 0.25) is 0 Å². The molecule has 0 saturated heterocycles. The summed E-state index contributed by atoms with van der Waals surface area (Å²) in [6.07, 6.45) is -5.97. The minimum atomic E-state index is -4.79. The van der Waals surface area contributed by atoms with E-state index in [1.54, 1.807) is 18.2 Å². The zero-order valence-electron chi connectivity index (χ0n) is 11.6. The first-order valence-electron chi connectivity index (χ1n) is 6.38. The maximum Gasteiger partial charge on any atom is 0.573 e. The Kier molecular flexibility index (Phi) is 4.23. The quantitative estimate of drug-likeness (QED) is 0.916. The minimum Gasteiger partial charge on any atom is -0.405 e. The van der Waals surface area contributed by atoms with Crippen molar-refractivity contribution in [1.82, 2.24) is 0 Å². The summed E-state index contributed by atoms with van der Waals surface area (Å²) in [5.41, 5.74) is 2.45. The van der Waals surface area contributed by atoms with Gasteiger partial charge in [-0.3, -0.25) is 0 Å². The van der Waals surface area contributed by atoms with Crippen molar-refractivity contribution in [2.75, 3.05) is 0 Å². The Morgan fingerprint density at radius 3 is 2.24 bits per heavy atom. The molecule has 2 aromatic carbocycles. The predicted octanol–water partition coefficient (Wildman–Crippen LogP) is 4.28. The van der Waals surface area contributed by atoms with E-state index in [4.69, 9.17) is 0 Å². The molecule has 2 rings (SSSR count). The molecule has 0 aliphatic heterocycles. The van der Waals surface area contributed by atoms with Gasteiger partial charge in [0.2, 0.25) is 0 Å². The minimum absolute atomic E-state index is 0.0866. The number of hydrogen-bond donors (Lipinski definition) is 1. The lowest BCUT2D eigenvalue weighted by Gasteiger charge is -2.19. The molecule has 2 nitrogen and oxygen atoms in total. The fourth-order valence-electron chi connectivity index (χ4n) is 2.16. The van der Waals surface area contributed by atoms with Crippen molar-refractivity contribution >= 4 is 0 Å². The predicted molar refractivity (Wildman–Crippen MR) is 73.1 cm³/mol. The SMILES string of the molecule is Cc1cccc(C(O)c2ccccc2OC(F)(F)F)c1C. The average molecular weight is 296 g/mol. The first-order valence-corrected chi connectivity index (χ1v) is 6.38. The number of hydrogen-bond acceptors (Lipinski definition) is 2. The molecular weight excluding hydrogens is 281 g/mol. The van der Waals surface area contributed by atoms with Gasteiger partial charge < -0.3 is 9.84 Å². The highest BCUT2D eigenvalue weighted by Gasteiger charge is 2.33. The van der Waals surface area contributed by atoms with Crippen LogP contribution >= 0.6 is 0 Å². The molecule has 112 valence electrons. The van der Waals surface area contributed by atoms with Gasteiger partial charge in [0.25, 0.3) is 0 Å². The molecule has 0 heterocycles. The lowest BCUT2D eigenvalue weighted by molar-refractivity contribution is -0.275. The van der Waals surface area contributed by atoms with Gasteiger partial charge in [-0.15, -0.1) is 13.2 Å². The van der Waals surface area contributed by atoms with Gasteiger partial charge in [-0.1, -0.05) is 36.4 Å². The van der Waals surface area contributed by atoms with Crippen LogP contribution in [0.4, 0.5) is 13.2 Å². The van der Waals surface area contributed by atoms with Crippen LogP contribution in [0.1, 0.15) is 28.4 Å². The van der Waals surface area contributed by atoms with Crippen molar-refractivity contribution in [2.45, 2.75) is 26.3 Å². The molecule has 0 aromatic heterocycles. The van der Waals surface area contributed by atoms with E-state index in [0.29, 0.717) is 5.56 Å². The summed E-state index contributed by atoms with van der Waals surface area (Å²) in [6.45, 7) is 3.70. The van der Waals surface area contributed by atoms with E-state index in [9.17, 15) is 18.3 Å². The van der Waals surface area contributed by atoms with E-state index in [1.807, 2.05) is 19.9 Å². The van der Waals surface area contributed by atoms with Crippen molar-refractivity contribution in [2.24, 2.45) is 0 Å². The zero-order valence-corrected chi connectivity index (χ0v) is 11.6. The molecule has 1 atom stereocenters. The second-order valence-corrected chi connectivity index (χ2v) is 4.78. The number of aliphatic hydroxyl groups is 1. The van der Waals surface area contributed by atoms with Crippen LogP contribution in [0.3, 0.4) is 0 Å². The molecular formula is C16H15F3O2. The third kappa shape index (κ3) is 3.55. The third-order valence-corrected chi connectivity index (χ3v) is 3.38. The standard InChI is InChI=1S/C16H15F3O2/c1-10-6-5-8-12(11(10)2)15(20)13-7-3-4-9-14(13)21-16(17,18)19/h3-9,15,20H,1-2H3. The molecule has 2 aromatic rings. The number of rotatable bonds is 3. The van der Waals surface area contributed by atoms with Crippen LogP contribution < -0.4 is 4.74 Å². The Labute approximate surface area is 120 Å². The monoisotopic (exact) mass is 296 g/mol. The van der Waals surface area contributed by atoms with E-state index < -0.39 is 18.2 Å². The number of benzene rings is 2. The van der Waals surface area contributed by atoms with Gasteiger partial charge in [-0.2, -0.15) is 0 Å². The summed E-state index contributed by atoms with van der Waals surface area (Å²) in [5.74, 6) is -0.390. The highest BCUT2D eigenvalue weighted by molar-refractivity contribution is 5.44. The van der Waals surface area contributed by atoms with Gasteiger partial charge in [0.1, 0.15) is 11.9 Å². The van der Waals surface area contributed by atoms with Gasteiger partial charge in [0, 0.05) is 5.56 Å². The zero-order chi connectivity index (χ0) is 15.6. The third-order valence-electron chi connectivity index (χ3n) is 3.38. The number of ether oxygens (including phenoxy) is 1. The first kappa shape index (κ1) is 15.4. The Hall–Kier alpha value is -2.01. The van der Waals surface area contributed by atoms with Crippen molar-refractivity contribution < 1.29 is 23.0 Å². The Balaban J connectivity index is 2.44. The van der Waals surface area contributed by atoms with E-state index in [0.717, 1.165) is 11.1 Å². The summed E-state index contributed by atoms with van der Waals surface area (Å²) >= 11 is 0. The van der Waals surface area contributed by atoms with Crippen molar-refractivity contribution in [3.05, 3.63) is 64.7 Å². The average Bonchev–Trinajstić information content (AvgIpc) is 2.40. The van der Waals surface area contributed by atoms with Gasteiger partial charge in [0.15, 0.2) is 0 Å². The van der Waals surface area contributed by atoms with E-state index in [-0.39, 0.29) is 5.56 Å². The maximum atomic E-state index is 12.4. The van der Waals surface area contributed by atoms with E-state index in [1.165, 1.54) is 18.2 Å². The number of aryl methyl sites for hydroxylation is 1. The first-order chi connectivity index (χ1) is 9.79. The Bertz CT molecular complexity index is 636. The summed E-state index contributed by atoms with van der Waals surface area (Å²) in [7, 11) is 0. The number of para-hydroxylation sites is 1.